The van der Waals surface area contributed by atoms with E-state index in [2.05, 4.69) is 41.5 Å². The van der Waals surface area contributed by atoms with Crippen molar-refractivity contribution in [2.75, 3.05) is 13.7 Å². The molecule has 1 amide bonds. The summed E-state index contributed by atoms with van der Waals surface area (Å²) in [5.41, 5.74) is 4.08. The first-order valence-electron chi connectivity index (χ1n) is 9.15. The Hall–Kier alpha value is -2.73. The maximum Gasteiger partial charge on any atom is 0.220 e. The number of halogens is 1. The van der Waals surface area contributed by atoms with Crippen LogP contribution in [0, 0.1) is 12.7 Å². The maximum absolute atomic E-state index is 13.7. The van der Waals surface area contributed by atoms with Crippen molar-refractivity contribution >= 4 is 17.2 Å². The van der Waals surface area contributed by atoms with Gasteiger partial charge in [0.05, 0.1) is 12.8 Å². The van der Waals surface area contributed by atoms with Crippen molar-refractivity contribution < 1.29 is 13.9 Å². The molecule has 0 saturated heterocycles. The number of amides is 1. The number of carbonyl (C=O) groups excluding carboxylic acids is 1. The molecule has 6 heteroatoms. The van der Waals surface area contributed by atoms with Gasteiger partial charge in [-0.2, -0.15) is 0 Å². The number of nitrogens with one attached hydrogen (secondary N) is 1. The minimum atomic E-state index is -0.409. The summed E-state index contributed by atoms with van der Waals surface area (Å²) < 4.78 is 18.6. The Bertz CT molecular complexity index is 938. The highest BCUT2D eigenvalue weighted by Crippen LogP contribution is 2.24. The largest absolute Gasteiger partial charge is 0.494 e. The predicted molar refractivity (Wildman–Crippen MR) is 110 cm³/mol. The van der Waals surface area contributed by atoms with E-state index in [0.717, 1.165) is 21.8 Å². The van der Waals surface area contributed by atoms with E-state index in [9.17, 15) is 9.18 Å². The second-order valence-electron chi connectivity index (χ2n) is 6.58. The highest BCUT2D eigenvalue weighted by molar-refractivity contribution is 7.13. The first-order chi connectivity index (χ1) is 13.5. The zero-order valence-electron chi connectivity index (χ0n) is 16.0. The van der Waals surface area contributed by atoms with Crippen molar-refractivity contribution in [2.24, 2.45) is 0 Å². The smallest absolute Gasteiger partial charge is 0.220 e. The molecular weight excluding hydrogens is 375 g/mol. The predicted octanol–water partition coefficient (Wildman–Crippen LogP) is 4.56. The maximum atomic E-state index is 13.7. The zero-order chi connectivity index (χ0) is 19.9. The third-order valence-electron chi connectivity index (χ3n) is 4.41. The Kier molecular flexibility index (Phi) is 6.76. The summed E-state index contributed by atoms with van der Waals surface area (Å²) >= 11 is 1.61. The molecule has 0 aliphatic rings. The fraction of sp³-hybridized carbons (Fsp3) is 0.273. The average Bonchev–Trinajstić information content (AvgIpc) is 3.16. The summed E-state index contributed by atoms with van der Waals surface area (Å²) in [6.45, 7) is 2.59. The number of nitrogens with zero attached hydrogens (tertiary/aromatic N) is 1. The lowest BCUT2D eigenvalue weighted by Crippen LogP contribution is -2.25. The number of ether oxygens (including phenoxy) is 1. The van der Waals surface area contributed by atoms with Gasteiger partial charge >= 0.3 is 0 Å². The number of hydrogen-bond acceptors (Lipinski definition) is 4. The fourth-order valence-corrected chi connectivity index (χ4v) is 3.65. The number of carbonyl (C=O) groups is 1. The van der Waals surface area contributed by atoms with Crippen LogP contribution < -0.4 is 10.1 Å². The van der Waals surface area contributed by atoms with E-state index in [1.54, 1.807) is 23.5 Å². The van der Waals surface area contributed by atoms with Crippen molar-refractivity contribution in [3.05, 3.63) is 70.5 Å². The topological polar surface area (TPSA) is 51.2 Å². The van der Waals surface area contributed by atoms with Crippen molar-refractivity contribution in [3.8, 4) is 16.3 Å². The van der Waals surface area contributed by atoms with Gasteiger partial charge in [0.25, 0.3) is 0 Å². The van der Waals surface area contributed by atoms with Gasteiger partial charge in [0.15, 0.2) is 11.6 Å². The molecular formula is C22H23FN2O2S. The van der Waals surface area contributed by atoms with E-state index in [1.807, 2.05) is 5.38 Å². The molecule has 0 spiro atoms. The Morgan fingerprint density at radius 3 is 2.68 bits per heavy atom. The van der Waals surface area contributed by atoms with Crippen molar-refractivity contribution in [1.82, 2.24) is 10.3 Å². The monoisotopic (exact) mass is 398 g/mol. The van der Waals surface area contributed by atoms with Crippen LogP contribution in [-0.2, 0) is 17.6 Å². The summed E-state index contributed by atoms with van der Waals surface area (Å²) in [5.74, 6) is -0.250. The van der Waals surface area contributed by atoms with Crippen LogP contribution in [0.4, 0.5) is 4.39 Å². The van der Waals surface area contributed by atoms with Crippen LogP contribution in [-0.4, -0.2) is 24.5 Å². The number of aromatic nitrogens is 1. The van der Waals surface area contributed by atoms with Crippen molar-refractivity contribution in [1.29, 1.82) is 0 Å². The molecule has 0 fully saturated rings. The minimum absolute atomic E-state index is 0.0507. The van der Waals surface area contributed by atoms with E-state index in [0.29, 0.717) is 25.8 Å². The lowest BCUT2D eigenvalue weighted by atomic mass is 10.1. The van der Waals surface area contributed by atoms with Gasteiger partial charge in [-0.05, 0) is 31.0 Å². The van der Waals surface area contributed by atoms with Crippen LogP contribution in [0.5, 0.6) is 5.75 Å². The van der Waals surface area contributed by atoms with Gasteiger partial charge in [-0.1, -0.05) is 35.9 Å². The molecule has 0 radical (unpaired) electrons. The van der Waals surface area contributed by atoms with Crippen LogP contribution >= 0.6 is 11.3 Å². The van der Waals surface area contributed by atoms with Gasteiger partial charge in [0.1, 0.15) is 5.01 Å². The van der Waals surface area contributed by atoms with Gasteiger partial charge in [0, 0.05) is 30.3 Å². The summed E-state index contributed by atoms with van der Waals surface area (Å²) in [6, 6.07) is 13.1. The third kappa shape index (κ3) is 5.39. The Balaban J connectivity index is 1.43. The van der Waals surface area contributed by atoms with Gasteiger partial charge in [-0.25, -0.2) is 9.37 Å². The van der Waals surface area contributed by atoms with Crippen LogP contribution in [0.3, 0.4) is 0 Å². The van der Waals surface area contributed by atoms with E-state index < -0.39 is 5.82 Å². The lowest BCUT2D eigenvalue weighted by Gasteiger charge is -2.06. The van der Waals surface area contributed by atoms with Gasteiger partial charge in [0.2, 0.25) is 5.91 Å². The molecule has 28 heavy (non-hydrogen) atoms. The summed E-state index contributed by atoms with van der Waals surface area (Å²) in [5, 5.41) is 5.92. The molecule has 3 rings (SSSR count). The highest BCUT2D eigenvalue weighted by atomic mass is 32.1. The van der Waals surface area contributed by atoms with Crippen molar-refractivity contribution in [2.45, 2.75) is 26.2 Å². The average molecular weight is 399 g/mol. The first kappa shape index (κ1) is 20.0. The van der Waals surface area contributed by atoms with Gasteiger partial charge < -0.3 is 10.1 Å². The van der Waals surface area contributed by atoms with Crippen LogP contribution in [0.25, 0.3) is 10.6 Å². The van der Waals surface area contributed by atoms with Gasteiger partial charge in [-0.3, -0.25) is 4.79 Å². The van der Waals surface area contributed by atoms with Crippen molar-refractivity contribution in [3.63, 3.8) is 0 Å². The quantitative estimate of drug-likeness (QED) is 0.605. The number of aryl methyl sites for hydroxylation is 2. The molecule has 146 valence electrons. The van der Waals surface area contributed by atoms with Gasteiger partial charge in [-0.15, -0.1) is 11.3 Å². The molecule has 1 heterocycles. The zero-order valence-corrected chi connectivity index (χ0v) is 16.8. The number of rotatable bonds is 8. The second kappa shape index (κ2) is 9.46. The van der Waals surface area contributed by atoms with Crippen LogP contribution in [0.1, 0.15) is 23.2 Å². The molecule has 2 aromatic carbocycles. The van der Waals surface area contributed by atoms with Crippen LogP contribution in [0.15, 0.2) is 47.8 Å². The standard InChI is InChI=1S/C22H23FN2O2S/c1-15-3-7-17(8-4-15)22-25-18(14-28-22)11-12-24-21(26)10-6-16-5-9-20(27-2)19(23)13-16/h3-5,7-9,13-14H,6,10-12H2,1-2H3,(H,24,26). The normalized spacial score (nSPS) is 10.7. The Morgan fingerprint density at radius 2 is 1.96 bits per heavy atom. The molecule has 0 bridgehead atoms. The number of thiazole rings is 1. The van der Waals surface area contributed by atoms with E-state index in [-0.39, 0.29) is 11.7 Å². The molecule has 1 aromatic heterocycles. The fourth-order valence-electron chi connectivity index (χ4n) is 2.79. The molecule has 0 unspecified atom stereocenters. The van der Waals surface area contributed by atoms with E-state index >= 15 is 0 Å². The summed E-state index contributed by atoms with van der Waals surface area (Å²) in [4.78, 5) is 16.7. The number of hydrogen-bond donors (Lipinski definition) is 1. The third-order valence-corrected chi connectivity index (χ3v) is 5.35. The second-order valence-corrected chi connectivity index (χ2v) is 7.44. The molecule has 0 aliphatic heterocycles. The Morgan fingerprint density at radius 1 is 1.18 bits per heavy atom. The molecule has 0 saturated carbocycles. The Labute approximate surface area is 168 Å². The molecule has 3 aromatic rings. The van der Waals surface area contributed by atoms with E-state index in [4.69, 9.17) is 4.74 Å². The van der Waals surface area contributed by atoms with Crippen LogP contribution in [0.2, 0.25) is 0 Å². The molecule has 1 N–H and O–H groups in total. The minimum Gasteiger partial charge on any atom is -0.494 e. The molecule has 4 nitrogen and oxygen atoms in total. The number of benzene rings is 2. The summed E-state index contributed by atoms with van der Waals surface area (Å²) in [6.07, 6.45) is 1.49. The summed E-state index contributed by atoms with van der Waals surface area (Å²) in [7, 11) is 1.43. The molecule has 0 aliphatic carbocycles. The first-order valence-corrected chi connectivity index (χ1v) is 10.0. The molecule has 0 atom stereocenters. The SMILES string of the molecule is COc1ccc(CCC(=O)NCCc2csc(-c3ccc(C)cc3)n2)cc1F. The highest BCUT2D eigenvalue weighted by Gasteiger charge is 2.08. The number of methoxy groups -OCH3 is 1. The van der Waals surface area contributed by atoms with E-state index in [1.165, 1.54) is 18.7 Å². The lowest BCUT2D eigenvalue weighted by molar-refractivity contribution is -0.121.